The second kappa shape index (κ2) is 4.93. The van der Waals surface area contributed by atoms with Crippen LogP contribution in [0.4, 0.5) is 9.18 Å². The van der Waals surface area contributed by atoms with Crippen LogP contribution in [0.25, 0.3) is 0 Å². The molecule has 0 unspecified atom stereocenters. The van der Waals surface area contributed by atoms with Crippen molar-refractivity contribution in [3.05, 3.63) is 34.6 Å². The molecule has 1 spiro atoms. The highest BCUT2D eigenvalue weighted by Crippen LogP contribution is 2.34. The number of carbonyl (C=O) groups is 2. The average molecular weight is 315 g/mol. The van der Waals surface area contributed by atoms with Gasteiger partial charge in [-0.25, -0.2) is 9.18 Å². The minimum Gasteiger partial charge on any atom is -0.322 e. The van der Waals surface area contributed by atoms with Gasteiger partial charge in [-0.05, 0) is 29.9 Å². The van der Waals surface area contributed by atoms with Gasteiger partial charge in [-0.2, -0.15) is 11.8 Å². The molecule has 0 saturated carbocycles. The number of amides is 3. The number of rotatable bonds is 2. The number of hydrogen-bond donors (Lipinski definition) is 1. The van der Waals surface area contributed by atoms with Crippen molar-refractivity contribution < 1.29 is 14.0 Å². The topological polar surface area (TPSA) is 49.4 Å². The monoisotopic (exact) mass is 314 g/mol. The highest BCUT2D eigenvalue weighted by Gasteiger charge is 2.52. The van der Waals surface area contributed by atoms with E-state index in [-0.39, 0.29) is 17.5 Å². The lowest BCUT2D eigenvalue weighted by Gasteiger charge is -2.19. The number of hydrogen-bond acceptors (Lipinski definition) is 3. The van der Waals surface area contributed by atoms with Crippen LogP contribution < -0.4 is 5.32 Å². The summed E-state index contributed by atoms with van der Waals surface area (Å²) in [5, 5.41) is 2.99. The standard InChI is InChI=1S/C13H12ClFN2O2S/c14-10-5-9(15)2-1-8(10)6-17-11(18)13(16-12(17)19)3-4-20-7-13/h1-2,5H,3-4,6-7H2,(H,16,19)/t13-/m0/s1. The van der Waals surface area contributed by atoms with Gasteiger partial charge in [-0.3, -0.25) is 9.69 Å². The Morgan fingerprint density at radius 3 is 2.90 bits per heavy atom. The van der Waals surface area contributed by atoms with Crippen LogP contribution in [0.5, 0.6) is 0 Å². The van der Waals surface area contributed by atoms with E-state index in [0.29, 0.717) is 17.7 Å². The van der Waals surface area contributed by atoms with Crippen molar-refractivity contribution in [1.29, 1.82) is 0 Å². The van der Waals surface area contributed by atoms with Crippen LogP contribution >= 0.6 is 23.4 Å². The molecule has 7 heteroatoms. The third-order valence-corrected chi connectivity index (χ3v) is 5.15. The molecular weight excluding hydrogens is 303 g/mol. The number of halogens is 2. The molecule has 0 radical (unpaired) electrons. The van der Waals surface area contributed by atoms with Gasteiger partial charge in [0.2, 0.25) is 0 Å². The summed E-state index contributed by atoms with van der Waals surface area (Å²) in [4.78, 5) is 25.6. The van der Waals surface area contributed by atoms with E-state index in [4.69, 9.17) is 11.6 Å². The molecule has 2 aliphatic heterocycles. The Bertz CT molecular complexity index is 590. The van der Waals surface area contributed by atoms with E-state index in [0.717, 1.165) is 10.7 Å². The first-order chi connectivity index (χ1) is 9.52. The number of urea groups is 1. The minimum atomic E-state index is -0.756. The Hall–Kier alpha value is -1.27. The van der Waals surface area contributed by atoms with E-state index in [9.17, 15) is 14.0 Å². The molecular formula is C13H12ClFN2O2S. The SMILES string of the molecule is O=C1N[C@]2(CCSC2)C(=O)N1Cc1ccc(F)cc1Cl. The van der Waals surface area contributed by atoms with Gasteiger partial charge in [0.15, 0.2) is 0 Å². The van der Waals surface area contributed by atoms with Gasteiger partial charge in [-0.1, -0.05) is 17.7 Å². The molecule has 1 aromatic rings. The number of thioether (sulfide) groups is 1. The molecule has 20 heavy (non-hydrogen) atoms. The summed E-state index contributed by atoms with van der Waals surface area (Å²) in [5.74, 6) is 0.801. The third kappa shape index (κ3) is 2.16. The molecule has 3 rings (SSSR count). The second-order valence-corrected chi connectivity index (χ2v) is 6.45. The quantitative estimate of drug-likeness (QED) is 0.853. The van der Waals surface area contributed by atoms with Crippen LogP contribution in [-0.2, 0) is 11.3 Å². The van der Waals surface area contributed by atoms with Crippen molar-refractivity contribution >= 4 is 35.3 Å². The first-order valence-corrected chi connectivity index (χ1v) is 7.71. The van der Waals surface area contributed by atoms with Gasteiger partial charge in [0, 0.05) is 10.8 Å². The zero-order valence-electron chi connectivity index (χ0n) is 10.5. The predicted molar refractivity (Wildman–Crippen MR) is 75.2 cm³/mol. The van der Waals surface area contributed by atoms with Gasteiger partial charge in [0.25, 0.3) is 5.91 Å². The second-order valence-electron chi connectivity index (χ2n) is 4.94. The molecule has 0 aliphatic carbocycles. The van der Waals surface area contributed by atoms with Crippen LogP contribution in [-0.4, -0.2) is 33.9 Å². The van der Waals surface area contributed by atoms with Gasteiger partial charge in [0.05, 0.1) is 6.54 Å². The summed E-state index contributed by atoms with van der Waals surface area (Å²) in [6, 6.07) is 3.53. The van der Waals surface area contributed by atoms with Crippen molar-refractivity contribution in [3.8, 4) is 0 Å². The van der Waals surface area contributed by atoms with Crippen molar-refractivity contribution in [2.75, 3.05) is 11.5 Å². The van der Waals surface area contributed by atoms with Crippen molar-refractivity contribution in [1.82, 2.24) is 10.2 Å². The van der Waals surface area contributed by atoms with Gasteiger partial charge in [0.1, 0.15) is 11.4 Å². The van der Waals surface area contributed by atoms with E-state index in [1.807, 2.05) is 0 Å². The molecule has 2 aliphatic rings. The summed E-state index contributed by atoms with van der Waals surface area (Å²) in [5.41, 5.74) is -0.201. The number of nitrogens with one attached hydrogen (secondary N) is 1. The fourth-order valence-corrected chi connectivity index (χ4v) is 4.02. The highest BCUT2D eigenvalue weighted by molar-refractivity contribution is 7.99. The fraction of sp³-hybridized carbons (Fsp3) is 0.385. The van der Waals surface area contributed by atoms with Crippen LogP contribution in [0.1, 0.15) is 12.0 Å². The normalized spacial score (nSPS) is 25.6. The molecule has 106 valence electrons. The zero-order valence-corrected chi connectivity index (χ0v) is 12.1. The molecule has 2 fully saturated rings. The summed E-state index contributed by atoms with van der Waals surface area (Å²) in [6.45, 7) is 0.0657. The maximum atomic E-state index is 13.0. The van der Waals surface area contributed by atoms with Crippen molar-refractivity contribution in [3.63, 3.8) is 0 Å². The van der Waals surface area contributed by atoms with Gasteiger partial charge < -0.3 is 5.32 Å². The number of benzene rings is 1. The maximum Gasteiger partial charge on any atom is 0.325 e. The Morgan fingerprint density at radius 2 is 2.25 bits per heavy atom. The van der Waals surface area contributed by atoms with Gasteiger partial charge >= 0.3 is 6.03 Å². The van der Waals surface area contributed by atoms with E-state index in [1.54, 1.807) is 11.8 Å². The van der Waals surface area contributed by atoms with E-state index >= 15 is 0 Å². The molecule has 0 bridgehead atoms. The summed E-state index contributed by atoms with van der Waals surface area (Å²) < 4.78 is 13.0. The summed E-state index contributed by atoms with van der Waals surface area (Å²) in [7, 11) is 0. The zero-order chi connectivity index (χ0) is 14.3. The van der Waals surface area contributed by atoms with Crippen molar-refractivity contribution in [2.24, 2.45) is 0 Å². The van der Waals surface area contributed by atoms with E-state index in [1.165, 1.54) is 18.2 Å². The van der Waals surface area contributed by atoms with Crippen LogP contribution in [0.15, 0.2) is 18.2 Å². The molecule has 2 saturated heterocycles. The van der Waals surface area contributed by atoms with Crippen LogP contribution in [0, 0.1) is 5.82 Å². The highest BCUT2D eigenvalue weighted by atomic mass is 35.5. The predicted octanol–water partition coefficient (Wildman–Crippen LogP) is 2.41. The first-order valence-electron chi connectivity index (χ1n) is 6.18. The molecule has 1 N–H and O–H groups in total. The molecule has 1 aromatic carbocycles. The lowest BCUT2D eigenvalue weighted by molar-refractivity contribution is -0.130. The smallest absolute Gasteiger partial charge is 0.322 e. The lowest BCUT2D eigenvalue weighted by Crippen LogP contribution is -2.46. The van der Waals surface area contributed by atoms with E-state index in [2.05, 4.69) is 5.32 Å². The lowest BCUT2D eigenvalue weighted by atomic mass is 9.99. The number of nitrogens with zero attached hydrogens (tertiary/aromatic N) is 1. The summed E-state index contributed by atoms with van der Waals surface area (Å²) in [6.07, 6.45) is 0.649. The summed E-state index contributed by atoms with van der Waals surface area (Å²) >= 11 is 7.59. The average Bonchev–Trinajstić information content (AvgIpc) is 2.94. The molecule has 1 atom stereocenters. The maximum absolute atomic E-state index is 13.0. The molecule has 4 nitrogen and oxygen atoms in total. The number of carbonyl (C=O) groups excluding carboxylic acids is 2. The van der Waals surface area contributed by atoms with Crippen LogP contribution in [0.2, 0.25) is 5.02 Å². The largest absolute Gasteiger partial charge is 0.325 e. The fourth-order valence-electron chi connectivity index (χ4n) is 2.47. The minimum absolute atomic E-state index is 0.0657. The molecule has 0 aromatic heterocycles. The Labute approximate surface area is 124 Å². The van der Waals surface area contributed by atoms with Gasteiger partial charge in [-0.15, -0.1) is 0 Å². The third-order valence-electron chi connectivity index (χ3n) is 3.61. The van der Waals surface area contributed by atoms with Crippen LogP contribution in [0.3, 0.4) is 0 Å². The first kappa shape index (κ1) is 13.7. The van der Waals surface area contributed by atoms with E-state index < -0.39 is 17.4 Å². The Balaban J connectivity index is 1.84. The van der Waals surface area contributed by atoms with Crippen molar-refractivity contribution in [2.45, 2.75) is 18.5 Å². The Kier molecular flexibility index (Phi) is 3.38. The molecule has 2 heterocycles. The molecule has 3 amide bonds. The Morgan fingerprint density at radius 1 is 1.45 bits per heavy atom. The number of imide groups is 1.